The number of nitrogens with zero attached hydrogens (tertiary/aromatic N) is 2. The molecule has 8 nitrogen and oxygen atoms in total. The SMILES string of the molecule is CCN(CC)c1ccc(/C=C2/C(=O)NC(=O)N(c3ccc(OC)cc3)C2=O)c(OC)c1. The molecule has 0 saturated carbocycles. The zero-order valence-corrected chi connectivity index (χ0v) is 18.0. The molecule has 0 aliphatic carbocycles. The molecule has 0 spiro atoms. The Balaban J connectivity index is 1.99. The lowest BCUT2D eigenvalue weighted by atomic mass is 10.1. The van der Waals surface area contributed by atoms with Crippen molar-refractivity contribution < 1.29 is 23.9 Å². The smallest absolute Gasteiger partial charge is 0.335 e. The molecule has 2 aromatic carbocycles. The maximum atomic E-state index is 13.1. The molecule has 1 N–H and O–H groups in total. The molecule has 0 unspecified atom stereocenters. The number of carbonyl (C=O) groups is 3. The summed E-state index contributed by atoms with van der Waals surface area (Å²) in [5, 5.41) is 2.22. The monoisotopic (exact) mass is 423 g/mol. The van der Waals surface area contributed by atoms with Crippen molar-refractivity contribution in [3.8, 4) is 11.5 Å². The van der Waals surface area contributed by atoms with Crippen molar-refractivity contribution in [2.45, 2.75) is 13.8 Å². The summed E-state index contributed by atoms with van der Waals surface area (Å²) in [6.45, 7) is 5.78. The first-order chi connectivity index (χ1) is 14.9. The summed E-state index contributed by atoms with van der Waals surface area (Å²) in [7, 11) is 3.05. The number of hydrogen-bond donors (Lipinski definition) is 1. The van der Waals surface area contributed by atoms with E-state index in [9.17, 15) is 14.4 Å². The van der Waals surface area contributed by atoms with Gasteiger partial charge in [0.1, 0.15) is 17.1 Å². The summed E-state index contributed by atoms with van der Waals surface area (Å²) in [5.74, 6) is -0.368. The number of urea groups is 1. The van der Waals surface area contributed by atoms with E-state index in [4.69, 9.17) is 9.47 Å². The van der Waals surface area contributed by atoms with Gasteiger partial charge in [-0.05, 0) is 56.3 Å². The molecule has 3 rings (SSSR count). The summed E-state index contributed by atoms with van der Waals surface area (Å²) < 4.78 is 10.6. The molecule has 8 heteroatoms. The summed E-state index contributed by atoms with van der Waals surface area (Å²) in [5.41, 5.74) is 1.69. The van der Waals surface area contributed by atoms with Gasteiger partial charge in [0.05, 0.1) is 19.9 Å². The van der Waals surface area contributed by atoms with Gasteiger partial charge in [-0.2, -0.15) is 0 Å². The van der Waals surface area contributed by atoms with E-state index < -0.39 is 17.8 Å². The van der Waals surface area contributed by atoms with E-state index in [0.717, 1.165) is 23.7 Å². The predicted molar refractivity (Wildman–Crippen MR) is 119 cm³/mol. The van der Waals surface area contributed by atoms with Crippen LogP contribution in [0.2, 0.25) is 0 Å². The van der Waals surface area contributed by atoms with E-state index in [1.807, 2.05) is 12.1 Å². The maximum Gasteiger partial charge on any atom is 0.335 e. The van der Waals surface area contributed by atoms with Crippen molar-refractivity contribution >= 4 is 35.3 Å². The van der Waals surface area contributed by atoms with Gasteiger partial charge in [0.15, 0.2) is 0 Å². The van der Waals surface area contributed by atoms with Crippen molar-refractivity contribution in [2.24, 2.45) is 0 Å². The highest BCUT2D eigenvalue weighted by Gasteiger charge is 2.37. The van der Waals surface area contributed by atoms with Crippen LogP contribution in [0.5, 0.6) is 11.5 Å². The number of barbiturate groups is 1. The van der Waals surface area contributed by atoms with Crippen molar-refractivity contribution in [2.75, 3.05) is 37.1 Å². The lowest BCUT2D eigenvalue weighted by Crippen LogP contribution is -2.54. The topological polar surface area (TPSA) is 88.2 Å². The van der Waals surface area contributed by atoms with Crippen molar-refractivity contribution in [3.05, 3.63) is 53.6 Å². The van der Waals surface area contributed by atoms with Crippen LogP contribution in [0, 0.1) is 0 Å². The number of benzene rings is 2. The highest BCUT2D eigenvalue weighted by Crippen LogP contribution is 2.29. The standard InChI is InChI=1S/C23H25N3O5/c1-5-25(6-2)17-8-7-15(20(14-17)31-4)13-19-21(27)24-23(29)26(22(19)28)16-9-11-18(30-3)12-10-16/h7-14H,5-6H2,1-4H3,(H,24,27,29)/b19-13-. The Labute approximate surface area is 181 Å². The van der Waals surface area contributed by atoms with E-state index in [0.29, 0.717) is 22.7 Å². The minimum atomic E-state index is -0.804. The Hall–Kier alpha value is -3.81. The number of amides is 4. The molecule has 1 aliphatic heterocycles. The van der Waals surface area contributed by atoms with Crippen LogP contribution in [0.25, 0.3) is 6.08 Å². The molecule has 4 amide bonds. The van der Waals surface area contributed by atoms with Gasteiger partial charge < -0.3 is 14.4 Å². The number of nitrogens with one attached hydrogen (secondary N) is 1. The highest BCUT2D eigenvalue weighted by molar-refractivity contribution is 6.39. The molecule has 0 aromatic heterocycles. The van der Waals surface area contributed by atoms with Crippen LogP contribution in [0.1, 0.15) is 19.4 Å². The van der Waals surface area contributed by atoms with E-state index in [2.05, 4.69) is 24.1 Å². The largest absolute Gasteiger partial charge is 0.497 e. The fourth-order valence-electron chi connectivity index (χ4n) is 3.38. The molecule has 31 heavy (non-hydrogen) atoms. The van der Waals surface area contributed by atoms with E-state index >= 15 is 0 Å². The first kappa shape index (κ1) is 21.9. The molecular formula is C23H25N3O5. The quantitative estimate of drug-likeness (QED) is 0.544. The van der Waals surface area contributed by atoms with Gasteiger partial charge in [-0.25, -0.2) is 9.69 Å². The van der Waals surface area contributed by atoms with Crippen molar-refractivity contribution in [1.29, 1.82) is 0 Å². The van der Waals surface area contributed by atoms with Gasteiger partial charge >= 0.3 is 6.03 Å². The fraction of sp³-hybridized carbons (Fsp3) is 0.261. The lowest BCUT2D eigenvalue weighted by Gasteiger charge is -2.26. The minimum absolute atomic E-state index is 0.163. The Bertz CT molecular complexity index is 1030. The Kier molecular flexibility index (Phi) is 6.59. The second-order valence-electron chi connectivity index (χ2n) is 6.75. The van der Waals surface area contributed by atoms with Crippen molar-refractivity contribution in [1.82, 2.24) is 5.32 Å². The Morgan fingerprint density at radius 3 is 2.23 bits per heavy atom. The molecule has 1 aliphatic rings. The number of anilines is 2. The highest BCUT2D eigenvalue weighted by atomic mass is 16.5. The van der Waals surface area contributed by atoms with E-state index in [-0.39, 0.29) is 5.57 Å². The van der Waals surface area contributed by atoms with Gasteiger partial charge in [-0.3, -0.25) is 14.9 Å². The van der Waals surface area contributed by atoms with Crippen LogP contribution in [0.4, 0.5) is 16.2 Å². The predicted octanol–water partition coefficient (Wildman–Crippen LogP) is 3.22. The van der Waals surface area contributed by atoms with Crippen molar-refractivity contribution in [3.63, 3.8) is 0 Å². The molecular weight excluding hydrogens is 398 g/mol. The zero-order valence-electron chi connectivity index (χ0n) is 18.0. The third kappa shape index (κ3) is 4.37. The average molecular weight is 423 g/mol. The summed E-state index contributed by atoms with van der Waals surface area (Å²) >= 11 is 0. The number of hydrogen-bond acceptors (Lipinski definition) is 6. The fourth-order valence-corrected chi connectivity index (χ4v) is 3.38. The Morgan fingerprint density at radius 1 is 0.968 bits per heavy atom. The van der Waals surface area contributed by atoms with Crippen LogP contribution < -0.4 is 24.6 Å². The van der Waals surface area contributed by atoms with E-state index in [1.165, 1.54) is 20.3 Å². The number of rotatable bonds is 7. The summed E-state index contributed by atoms with van der Waals surface area (Å²) in [4.78, 5) is 41.0. The molecule has 162 valence electrons. The van der Waals surface area contributed by atoms with Gasteiger partial charge in [0.25, 0.3) is 11.8 Å². The second kappa shape index (κ2) is 9.34. The first-order valence-electron chi connectivity index (χ1n) is 9.91. The van der Waals surface area contributed by atoms with Crippen LogP contribution in [0.3, 0.4) is 0 Å². The number of carbonyl (C=O) groups excluding carboxylic acids is 3. The minimum Gasteiger partial charge on any atom is -0.497 e. The normalized spacial score (nSPS) is 15.2. The number of methoxy groups -OCH3 is 2. The lowest BCUT2D eigenvalue weighted by molar-refractivity contribution is -0.122. The molecule has 0 bridgehead atoms. The summed E-state index contributed by atoms with van der Waals surface area (Å²) in [6, 6.07) is 11.1. The third-order valence-electron chi connectivity index (χ3n) is 5.08. The Morgan fingerprint density at radius 2 is 1.65 bits per heavy atom. The third-order valence-corrected chi connectivity index (χ3v) is 5.08. The maximum absolute atomic E-state index is 13.1. The molecule has 1 saturated heterocycles. The molecule has 1 heterocycles. The molecule has 1 fully saturated rings. The van der Waals surface area contributed by atoms with Gasteiger partial charge in [-0.15, -0.1) is 0 Å². The average Bonchev–Trinajstić information content (AvgIpc) is 2.78. The van der Waals surface area contributed by atoms with Gasteiger partial charge in [0.2, 0.25) is 0 Å². The van der Waals surface area contributed by atoms with Gasteiger partial charge in [-0.1, -0.05) is 0 Å². The number of imide groups is 2. The molecule has 0 atom stereocenters. The van der Waals surface area contributed by atoms with Gasteiger partial charge in [0, 0.05) is 30.4 Å². The summed E-state index contributed by atoms with van der Waals surface area (Å²) in [6.07, 6.45) is 1.44. The van der Waals surface area contributed by atoms with Crippen LogP contribution in [-0.4, -0.2) is 45.2 Å². The molecule has 0 radical (unpaired) electrons. The zero-order chi connectivity index (χ0) is 22.5. The van der Waals surface area contributed by atoms with Crippen LogP contribution >= 0.6 is 0 Å². The second-order valence-corrected chi connectivity index (χ2v) is 6.75. The molecule has 2 aromatic rings. The first-order valence-corrected chi connectivity index (χ1v) is 9.91. The van der Waals surface area contributed by atoms with E-state index in [1.54, 1.807) is 30.3 Å². The number of ether oxygens (including phenoxy) is 2. The van der Waals surface area contributed by atoms with Crippen LogP contribution in [-0.2, 0) is 9.59 Å². The van der Waals surface area contributed by atoms with Crippen LogP contribution in [0.15, 0.2) is 48.0 Å².